The summed E-state index contributed by atoms with van der Waals surface area (Å²) in [6.45, 7) is 0. The highest BCUT2D eigenvalue weighted by molar-refractivity contribution is 9.10. The highest BCUT2D eigenvalue weighted by Crippen LogP contribution is 2.27. The molecule has 0 heterocycles. The quantitative estimate of drug-likeness (QED) is 0.807. The van der Waals surface area contributed by atoms with Crippen molar-refractivity contribution in [3.8, 4) is 11.1 Å². The van der Waals surface area contributed by atoms with Crippen molar-refractivity contribution in [2.24, 2.45) is 0 Å². The molecule has 0 saturated heterocycles. The normalized spacial score (nSPS) is 9.94. The van der Waals surface area contributed by atoms with E-state index in [9.17, 15) is 9.59 Å². The molecule has 0 aromatic heterocycles. The SMILES string of the molecule is O=Cc1cc(-c2ccccc2)cc(C=O)c1Br. The molecule has 2 nitrogen and oxygen atoms in total. The van der Waals surface area contributed by atoms with E-state index in [-0.39, 0.29) is 0 Å². The molecule has 0 bridgehead atoms. The minimum absolute atomic E-state index is 0.480. The van der Waals surface area contributed by atoms with Crippen molar-refractivity contribution in [3.05, 3.63) is 58.1 Å². The molecule has 0 amide bonds. The molecule has 0 radical (unpaired) electrons. The van der Waals surface area contributed by atoms with Crippen molar-refractivity contribution >= 4 is 28.5 Å². The fourth-order valence-corrected chi connectivity index (χ4v) is 2.05. The second kappa shape index (κ2) is 5.06. The van der Waals surface area contributed by atoms with E-state index < -0.39 is 0 Å². The maximum atomic E-state index is 10.9. The fraction of sp³-hybridized carbons (Fsp3) is 0. The van der Waals surface area contributed by atoms with Gasteiger partial charge in [-0.3, -0.25) is 9.59 Å². The predicted molar refractivity (Wildman–Crippen MR) is 70.4 cm³/mol. The van der Waals surface area contributed by atoms with E-state index in [0.29, 0.717) is 15.6 Å². The van der Waals surface area contributed by atoms with E-state index in [4.69, 9.17) is 0 Å². The number of hydrogen-bond donors (Lipinski definition) is 0. The smallest absolute Gasteiger partial charge is 0.151 e. The summed E-state index contributed by atoms with van der Waals surface area (Å²) in [5.41, 5.74) is 2.80. The van der Waals surface area contributed by atoms with Crippen molar-refractivity contribution in [3.63, 3.8) is 0 Å². The van der Waals surface area contributed by atoms with E-state index in [2.05, 4.69) is 15.9 Å². The van der Waals surface area contributed by atoms with Crippen LogP contribution in [0.3, 0.4) is 0 Å². The first kappa shape index (κ1) is 11.7. The summed E-state index contributed by atoms with van der Waals surface area (Å²) in [7, 11) is 0. The van der Waals surface area contributed by atoms with Crippen LogP contribution in [-0.2, 0) is 0 Å². The minimum atomic E-state index is 0.480. The van der Waals surface area contributed by atoms with Gasteiger partial charge in [-0.15, -0.1) is 0 Å². The van der Waals surface area contributed by atoms with Gasteiger partial charge >= 0.3 is 0 Å². The lowest BCUT2D eigenvalue weighted by atomic mass is 10.0. The van der Waals surface area contributed by atoms with Gasteiger partial charge in [0.1, 0.15) is 0 Å². The van der Waals surface area contributed by atoms with Crippen LogP contribution in [0.2, 0.25) is 0 Å². The molecule has 0 saturated carbocycles. The Bertz CT molecular complexity index is 533. The zero-order valence-corrected chi connectivity index (χ0v) is 10.5. The van der Waals surface area contributed by atoms with Crippen LogP contribution in [0, 0.1) is 0 Å². The average Bonchev–Trinajstić information content (AvgIpc) is 2.40. The molecule has 0 spiro atoms. The lowest BCUT2D eigenvalue weighted by Gasteiger charge is -2.06. The topological polar surface area (TPSA) is 34.1 Å². The van der Waals surface area contributed by atoms with Gasteiger partial charge in [-0.2, -0.15) is 0 Å². The van der Waals surface area contributed by atoms with Gasteiger partial charge in [0.05, 0.1) is 0 Å². The molecule has 0 atom stereocenters. The number of halogens is 1. The van der Waals surface area contributed by atoms with Gasteiger partial charge in [-0.1, -0.05) is 30.3 Å². The van der Waals surface area contributed by atoms with E-state index in [0.717, 1.165) is 23.7 Å². The van der Waals surface area contributed by atoms with Gasteiger partial charge in [-0.25, -0.2) is 0 Å². The summed E-state index contributed by atoms with van der Waals surface area (Å²) in [5.74, 6) is 0. The van der Waals surface area contributed by atoms with Crippen LogP contribution >= 0.6 is 15.9 Å². The molecule has 84 valence electrons. The summed E-state index contributed by atoms with van der Waals surface area (Å²) in [5, 5.41) is 0. The van der Waals surface area contributed by atoms with Gasteiger partial charge in [0.2, 0.25) is 0 Å². The molecule has 0 aliphatic rings. The van der Waals surface area contributed by atoms with E-state index in [1.807, 2.05) is 30.3 Å². The number of hydrogen-bond acceptors (Lipinski definition) is 2. The van der Waals surface area contributed by atoms with Gasteiger partial charge in [0.15, 0.2) is 12.6 Å². The lowest BCUT2D eigenvalue weighted by molar-refractivity contribution is 0.112. The van der Waals surface area contributed by atoms with Crippen LogP contribution in [0.5, 0.6) is 0 Å². The predicted octanol–water partition coefficient (Wildman–Crippen LogP) is 3.74. The number of aldehydes is 2. The Labute approximate surface area is 107 Å². The minimum Gasteiger partial charge on any atom is -0.298 e. The number of carbonyl (C=O) groups excluding carboxylic acids is 2. The van der Waals surface area contributed by atoms with E-state index in [1.54, 1.807) is 12.1 Å². The molecule has 2 rings (SSSR count). The molecule has 0 aliphatic carbocycles. The number of rotatable bonds is 3. The first-order chi connectivity index (χ1) is 8.26. The third kappa shape index (κ3) is 2.34. The molecule has 0 aliphatic heterocycles. The van der Waals surface area contributed by atoms with Gasteiger partial charge in [0.25, 0.3) is 0 Å². The van der Waals surface area contributed by atoms with Crippen LogP contribution in [0.25, 0.3) is 11.1 Å². The third-order valence-electron chi connectivity index (χ3n) is 2.49. The van der Waals surface area contributed by atoms with Gasteiger partial charge in [-0.05, 0) is 39.2 Å². The van der Waals surface area contributed by atoms with Gasteiger partial charge < -0.3 is 0 Å². The standard InChI is InChI=1S/C14H9BrO2/c15-14-12(8-16)6-11(7-13(14)9-17)10-4-2-1-3-5-10/h1-9H. The zero-order chi connectivity index (χ0) is 12.3. The van der Waals surface area contributed by atoms with Crippen LogP contribution < -0.4 is 0 Å². The van der Waals surface area contributed by atoms with Crippen molar-refractivity contribution in [1.29, 1.82) is 0 Å². The van der Waals surface area contributed by atoms with Crippen LogP contribution in [0.15, 0.2) is 46.9 Å². The molecular weight excluding hydrogens is 280 g/mol. The largest absolute Gasteiger partial charge is 0.298 e. The second-order valence-electron chi connectivity index (χ2n) is 3.57. The molecule has 0 unspecified atom stereocenters. The molecule has 17 heavy (non-hydrogen) atoms. The summed E-state index contributed by atoms with van der Waals surface area (Å²) in [4.78, 5) is 21.9. The molecule has 2 aromatic carbocycles. The second-order valence-corrected chi connectivity index (χ2v) is 4.36. The Morgan fingerprint density at radius 1 is 0.824 bits per heavy atom. The number of carbonyl (C=O) groups is 2. The van der Waals surface area contributed by atoms with Crippen molar-refractivity contribution in [2.45, 2.75) is 0 Å². The molecule has 0 fully saturated rings. The van der Waals surface area contributed by atoms with Crippen LogP contribution in [-0.4, -0.2) is 12.6 Å². The molecule has 3 heteroatoms. The highest BCUT2D eigenvalue weighted by atomic mass is 79.9. The average molecular weight is 289 g/mol. The third-order valence-corrected chi connectivity index (χ3v) is 3.41. The first-order valence-electron chi connectivity index (χ1n) is 5.05. The van der Waals surface area contributed by atoms with E-state index in [1.165, 1.54) is 0 Å². The Morgan fingerprint density at radius 3 is 1.82 bits per heavy atom. The van der Waals surface area contributed by atoms with Crippen molar-refractivity contribution in [2.75, 3.05) is 0 Å². The van der Waals surface area contributed by atoms with Crippen LogP contribution in [0.1, 0.15) is 20.7 Å². The Kier molecular flexibility index (Phi) is 3.49. The molecule has 0 N–H and O–H groups in total. The summed E-state index contributed by atoms with van der Waals surface area (Å²) < 4.78 is 0.544. The fourth-order valence-electron chi connectivity index (χ4n) is 1.64. The van der Waals surface area contributed by atoms with Crippen molar-refractivity contribution < 1.29 is 9.59 Å². The Balaban J connectivity index is 2.64. The van der Waals surface area contributed by atoms with Gasteiger partial charge in [0, 0.05) is 15.6 Å². The van der Waals surface area contributed by atoms with Crippen LogP contribution in [0.4, 0.5) is 0 Å². The first-order valence-corrected chi connectivity index (χ1v) is 5.85. The summed E-state index contributed by atoms with van der Waals surface area (Å²) >= 11 is 3.25. The summed E-state index contributed by atoms with van der Waals surface area (Å²) in [6, 6.07) is 13.2. The molecule has 2 aromatic rings. The maximum Gasteiger partial charge on any atom is 0.151 e. The monoisotopic (exact) mass is 288 g/mol. The zero-order valence-electron chi connectivity index (χ0n) is 8.89. The van der Waals surface area contributed by atoms with Crippen molar-refractivity contribution in [1.82, 2.24) is 0 Å². The summed E-state index contributed by atoms with van der Waals surface area (Å²) in [6.07, 6.45) is 1.48. The molecular formula is C14H9BrO2. The maximum absolute atomic E-state index is 10.9. The Hall–Kier alpha value is -1.74. The highest BCUT2D eigenvalue weighted by Gasteiger charge is 2.08. The van der Waals surface area contributed by atoms with E-state index >= 15 is 0 Å². The lowest BCUT2D eigenvalue weighted by Crippen LogP contribution is -1.92. The number of benzene rings is 2. The Morgan fingerprint density at radius 2 is 1.35 bits per heavy atom.